The van der Waals surface area contributed by atoms with Gasteiger partial charge >= 0.3 is 6.09 Å². The van der Waals surface area contributed by atoms with Crippen LogP contribution in [0.1, 0.15) is 32.2 Å². The van der Waals surface area contributed by atoms with Gasteiger partial charge in [0.25, 0.3) is 6.47 Å². The molecule has 28 heavy (non-hydrogen) atoms. The number of aromatic amines is 1. The van der Waals surface area contributed by atoms with Gasteiger partial charge in [-0.05, 0) is 37.8 Å². The Kier molecular flexibility index (Phi) is 5.63. The molecule has 7 heteroatoms. The molecule has 0 aliphatic rings. The lowest BCUT2D eigenvalue weighted by Crippen LogP contribution is -2.36. The van der Waals surface area contributed by atoms with Crippen LogP contribution in [0.5, 0.6) is 5.75 Å². The number of carbonyl (C=O) groups excluding carboxylic acids is 2. The quantitative estimate of drug-likeness (QED) is 0.652. The van der Waals surface area contributed by atoms with E-state index in [0.717, 1.165) is 16.3 Å². The van der Waals surface area contributed by atoms with Gasteiger partial charge in [-0.3, -0.25) is 9.69 Å². The highest BCUT2D eigenvalue weighted by molar-refractivity contribution is 5.92. The second-order valence-corrected chi connectivity index (χ2v) is 7.35. The van der Waals surface area contributed by atoms with Crippen molar-refractivity contribution < 1.29 is 19.1 Å². The molecule has 0 atom stereocenters. The SMILES string of the molecule is CC(C)(C)OC(=O)N(Cc1ncc[nH]1)Cc1ccc(OC=O)c2ccccc12. The first-order valence-corrected chi connectivity index (χ1v) is 8.94. The summed E-state index contributed by atoms with van der Waals surface area (Å²) < 4.78 is 10.6. The lowest BCUT2D eigenvalue weighted by Gasteiger charge is -2.27. The summed E-state index contributed by atoms with van der Waals surface area (Å²) in [4.78, 5) is 32.4. The molecule has 2 aromatic carbocycles. The van der Waals surface area contributed by atoms with E-state index >= 15 is 0 Å². The van der Waals surface area contributed by atoms with Crippen LogP contribution in [0, 0.1) is 0 Å². The molecule has 0 radical (unpaired) electrons. The van der Waals surface area contributed by atoms with Gasteiger partial charge in [-0.2, -0.15) is 0 Å². The van der Waals surface area contributed by atoms with Gasteiger partial charge in [-0.15, -0.1) is 0 Å². The fourth-order valence-electron chi connectivity index (χ4n) is 2.91. The first kappa shape index (κ1) is 19.4. The summed E-state index contributed by atoms with van der Waals surface area (Å²) in [6.07, 6.45) is 2.92. The minimum Gasteiger partial charge on any atom is -0.444 e. The highest BCUT2D eigenvalue weighted by Crippen LogP contribution is 2.29. The van der Waals surface area contributed by atoms with E-state index < -0.39 is 11.7 Å². The first-order valence-electron chi connectivity index (χ1n) is 8.94. The smallest absolute Gasteiger partial charge is 0.410 e. The van der Waals surface area contributed by atoms with Crippen LogP contribution < -0.4 is 4.74 Å². The van der Waals surface area contributed by atoms with Gasteiger partial charge in [0, 0.05) is 17.8 Å². The lowest BCUT2D eigenvalue weighted by atomic mass is 10.0. The zero-order valence-corrected chi connectivity index (χ0v) is 16.1. The first-order chi connectivity index (χ1) is 13.4. The van der Waals surface area contributed by atoms with Crippen LogP contribution in [0.15, 0.2) is 48.8 Å². The molecular formula is C21H23N3O4. The molecule has 3 aromatic rings. The van der Waals surface area contributed by atoms with E-state index in [1.165, 1.54) is 0 Å². The number of rotatable bonds is 6. The van der Waals surface area contributed by atoms with Gasteiger partial charge in [0.15, 0.2) is 0 Å². The summed E-state index contributed by atoms with van der Waals surface area (Å²) >= 11 is 0. The minimum atomic E-state index is -0.609. The summed E-state index contributed by atoms with van der Waals surface area (Å²) in [5.74, 6) is 1.14. The van der Waals surface area contributed by atoms with Crippen LogP contribution in [0.4, 0.5) is 4.79 Å². The molecule has 0 bridgehead atoms. The van der Waals surface area contributed by atoms with Gasteiger partial charge in [0.05, 0.1) is 13.1 Å². The molecule has 0 spiro atoms. The summed E-state index contributed by atoms with van der Waals surface area (Å²) in [7, 11) is 0. The Morgan fingerprint density at radius 1 is 1.14 bits per heavy atom. The average molecular weight is 381 g/mol. The van der Waals surface area contributed by atoms with Crippen molar-refractivity contribution in [2.75, 3.05) is 0 Å². The Bertz CT molecular complexity index is 961. The third-order valence-electron chi connectivity index (χ3n) is 4.06. The Hall–Kier alpha value is -3.35. The Balaban J connectivity index is 1.95. The zero-order chi connectivity index (χ0) is 20.1. The van der Waals surface area contributed by atoms with E-state index in [-0.39, 0.29) is 6.54 Å². The molecule has 0 saturated carbocycles. The van der Waals surface area contributed by atoms with E-state index in [0.29, 0.717) is 24.6 Å². The van der Waals surface area contributed by atoms with Crippen LogP contribution in [0.3, 0.4) is 0 Å². The van der Waals surface area contributed by atoms with Crippen molar-refractivity contribution in [3.05, 3.63) is 60.2 Å². The molecule has 0 unspecified atom stereocenters. The second kappa shape index (κ2) is 8.12. The molecule has 146 valence electrons. The predicted molar refractivity (Wildman–Crippen MR) is 105 cm³/mol. The third kappa shape index (κ3) is 4.68. The van der Waals surface area contributed by atoms with Crippen LogP contribution in [-0.4, -0.2) is 33.0 Å². The number of H-pyrrole nitrogens is 1. The summed E-state index contributed by atoms with van der Waals surface area (Å²) in [5.41, 5.74) is 0.300. The average Bonchev–Trinajstić information content (AvgIpc) is 3.15. The molecule has 1 heterocycles. The van der Waals surface area contributed by atoms with Gasteiger partial charge in [0.1, 0.15) is 17.2 Å². The van der Waals surface area contributed by atoms with Gasteiger partial charge in [0.2, 0.25) is 0 Å². The van der Waals surface area contributed by atoms with E-state index in [4.69, 9.17) is 9.47 Å². The molecule has 1 N–H and O–H groups in total. The Morgan fingerprint density at radius 3 is 2.54 bits per heavy atom. The van der Waals surface area contributed by atoms with Gasteiger partial charge < -0.3 is 14.5 Å². The number of nitrogens with one attached hydrogen (secondary N) is 1. The van der Waals surface area contributed by atoms with Crippen LogP contribution in [-0.2, 0) is 22.6 Å². The van der Waals surface area contributed by atoms with Crippen molar-refractivity contribution in [3.8, 4) is 5.75 Å². The molecule has 3 rings (SSSR count). The monoisotopic (exact) mass is 381 g/mol. The second-order valence-electron chi connectivity index (χ2n) is 7.35. The van der Waals surface area contributed by atoms with Crippen LogP contribution >= 0.6 is 0 Å². The van der Waals surface area contributed by atoms with E-state index in [2.05, 4.69) is 9.97 Å². The van der Waals surface area contributed by atoms with Crippen molar-refractivity contribution in [1.29, 1.82) is 0 Å². The van der Waals surface area contributed by atoms with Crippen LogP contribution in [0.25, 0.3) is 10.8 Å². The summed E-state index contributed by atoms with van der Waals surface area (Å²) in [6.45, 7) is 6.50. The number of fused-ring (bicyclic) bond motifs is 1. The fraction of sp³-hybridized carbons (Fsp3) is 0.286. The lowest BCUT2D eigenvalue weighted by molar-refractivity contribution is -0.120. The van der Waals surface area contributed by atoms with E-state index in [1.54, 1.807) is 23.4 Å². The van der Waals surface area contributed by atoms with Crippen molar-refractivity contribution >= 4 is 23.3 Å². The number of hydrogen-bond acceptors (Lipinski definition) is 5. The third-order valence-corrected chi connectivity index (χ3v) is 4.06. The maximum atomic E-state index is 12.8. The zero-order valence-electron chi connectivity index (χ0n) is 16.1. The Labute approximate surface area is 163 Å². The van der Waals surface area contributed by atoms with E-state index in [9.17, 15) is 9.59 Å². The molecule has 0 aliphatic heterocycles. The van der Waals surface area contributed by atoms with Crippen LogP contribution in [0.2, 0.25) is 0 Å². The van der Waals surface area contributed by atoms with Crippen molar-refractivity contribution in [2.45, 2.75) is 39.5 Å². The number of aromatic nitrogens is 2. The van der Waals surface area contributed by atoms with Gasteiger partial charge in [-0.25, -0.2) is 9.78 Å². The number of benzene rings is 2. The molecular weight excluding hydrogens is 358 g/mol. The number of amides is 1. The van der Waals surface area contributed by atoms with E-state index in [1.807, 2.05) is 51.1 Å². The maximum Gasteiger partial charge on any atom is 0.410 e. The predicted octanol–water partition coefficient (Wildman–Crippen LogP) is 4.04. The summed E-state index contributed by atoms with van der Waals surface area (Å²) in [5, 5.41) is 1.70. The number of ether oxygens (including phenoxy) is 2. The van der Waals surface area contributed by atoms with Crippen molar-refractivity contribution in [1.82, 2.24) is 14.9 Å². The number of carbonyl (C=O) groups is 2. The minimum absolute atomic E-state index is 0.281. The number of imidazole rings is 1. The topological polar surface area (TPSA) is 84.5 Å². The molecule has 0 saturated heterocycles. The molecule has 1 aromatic heterocycles. The molecule has 0 aliphatic carbocycles. The standard InChI is InChI=1S/C21H23N3O4/c1-21(2,3)28-20(26)24(13-19-22-10-11-23-19)12-15-8-9-18(27-14-25)17-7-5-4-6-16(15)17/h4-11,14H,12-13H2,1-3H3,(H,22,23). The highest BCUT2D eigenvalue weighted by Gasteiger charge is 2.24. The molecule has 7 nitrogen and oxygen atoms in total. The van der Waals surface area contributed by atoms with Crippen molar-refractivity contribution in [3.63, 3.8) is 0 Å². The normalized spacial score (nSPS) is 11.2. The fourth-order valence-corrected chi connectivity index (χ4v) is 2.91. The molecule has 0 fully saturated rings. The van der Waals surface area contributed by atoms with Crippen molar-refractivity contribution in [2.24, 2.45) is 0 Å². The maximum absolute atomic E-state index is 12.8. The number of nitrogens with zero attached hydrogens (tertiary/aromatic N) is 2. The summed E-state index contributed by atoms with van der Waals surface area (Å²) in [6, 6.07) is 11.2. The largest absolute Gasteiger partial charge is 0.444 e. The number of hydrogen-bond donors (Lipinski definition) is 1. The van der Waals surface area contributed by atoms with Gasteiger partial charge in [-0.1, -0.05) is 30.3 Å². The highest BCUT2D eigenvalue weighted by atomic mass is 16.6. The Morgan fingerprint density at radius 2 is 1.89 bits per heavy atom. The molecule has 1 amide bonds.